The first kappa shape index (κ1) is 17.2. The summed E-state index contributed by atoms with van der Waals surface area (Å²) in [6.07, 6.45) is 3.59. The normalized spacial score (nSPS) is 16.1. The third-order valence-electron chi connectivity index (χ3n) is 4.01. The van der Waals surface area contributed by atoms with Crippen molar-refractivity contribution in [2.24, 2.45) is 0 Å². The number of carbonyl (C=O) groups excluding carboxylic acids is 2. The van der Waals surface area contributed by atoms with Crippen molar-refractivity contribution in [2.45, 2.75) is 58.0 Å². The van der Waals surface area contributed by atoms with Crippen LogP contribution in [0.15, 0.2) is 16.9 Å². The van der Waals surface area contributed by atoms with Gasteiger partial charge >= 0.3 is 5.97 Å². The van der Waals surface area contributed by atoms with Crippen LogP contribution in [0.5, 0.6) is 0 Å². The Kier molecular flexibility index (Phi) is 5.52. The van der Waals surface area contributed by atoms with Crippen molar-refractivity contribution in [1.82, 2.24) is 15.1 Å². The number of amides is 1. The number of nitrogens with one attached hydrogen (secondary N) is 1. The smallest absolute Gasteiger partial charge is 0.331 e. The van der Waals surface area contributed by atoms with Crippen molar-refractivity contribution in [2.75, 3.05) is 6.61 Å². The van der Waals surface area contributed by atoms with Crippen LogP contribution in [0.25, 0.3) is 0 Å². The average Bonchev–Trinajstić information content (AvgIpc) is 2.99. The van der Waals surface area contributed by atoms with Gasteiger partial charge in [0, 0.05) is 12.6 Å². The molecule has 126 valence electrons. The van der Waals surface area contributed by atoms with E-state index in [4.69, 9.17) is 4.74 Å². The van der Waals surface area contributed by atoms with Gasteiger partial charge in [0.05, 0.1) is 6.61 Å². The molecule has 0 aliphatic heterocycles. The van der Waals surface area contributed by atoms with E-state index in [0.717, 1.165) is 19.3 Å². The minimum atomic E-state index is -0.972. The first-order valence-corrected chi connectivity index (χ1v) is 8.10. The molecule has 1 amide bonds. The maximum atomic E-state index is 12.5. The molecule has 1 fully saturated rings. The van der Waals surface area contributed by atoms with E-state index in [1.54, 1.807) is 6.92 Å². The molecule has 0 spiro atoms. The Balaban J connectivity index is 2.21. The van der Waals surface area contributed by atoms with Gasteiger partial charge in [-0.2, -0.15) is 5.10 Å². The first-order chi connectivity index (χ1) is 11.0. The SMILES string of the molecule is CCCn1nc(C(=O)NC2(C(=O)OCC)CCCC2)ccc1=O. The predicted molar refractivity (Wildman–Crippen MR) is 84.1 cm³/mol. The summed E-state index contributed by atoms with van der Waals surface area (Å²) in [7, 11) is 0. The Morgan fingerprint density at radius 3 is 2.61 bits per heavy atom. The molecule has 1 aromatic rings. The summed E-state index contributed by atoms with van der Waals surface area (Å²) in [6.45, 7) is 4.39. The van der Waals surface area contributed by atoms with Crippen LogP contribution in [-0.4, -0.2) is 33.8 Å². The van der Waals surface area contributed by atoms with Crippen LogP contribution in [0.1, 0.15) is 56.4 Å². The topological polar surface area (TPSA) is 90.3 Å². The highest BCUT2D eigenvalue weighted by atomic mass is 16.5. The van der Waals surface area contributed by atoms with Gasteiger partial charge in [-0.3, -0.25) is 9.59 Å². The number of hydrogen-bond donors (Lipinski definition) is 1. The van der Waals surface area contributed by atoms with Crippen molar-refractivity contribution in [1.29, 1.82) is 0 Å². The van der Waals surface area contributed by atoms with Crippen molar-refractivity contribution in [3.05, 3.63) is 28.2 Å². The number of nitrogens with zero attached hydrogens (tertiary/aromatic N) is 2. The number of carbonyl (C=O) groups is 2. The largest absolute Gasteiger partial charge is 0.464 e. The maximum Gasteiger partial charge on any atom is 0.331 e. The van der Waals surface area contributed by atoms with E-state index in [1.165, 1.54) is 16.8 Å². The molecule has 1 aliphatic rings. The van der Waals surface area contributed by atoms with Crippen LogP contribution < -0.4 is 10.9 Å². The van der Waals surface area contributed by atoms with Crippen LogP contribution >= 0.6 is 0 Å². The van der Waals surface area contributed by atoms with E-state index in [0.29, 0.717) is 19.4 Å². The standard InChI is InChI=1S/C16H23N3O4/c1-3-11-19-13(20)8-7-12(18-19)14(21)17-16(9-5-6-10-16)15(22)23-4-2/h7-8H,3-6,9-11H2,1-2H3,(H,17,21). The summed E-state index contributed by atoms with van der Waals surface area (Å²) in [6, 6.07) is 2.71. The van der Waals surface area contributed by atoms with Gasteiger partial charge in [0.1, 0.15) is 11.2 Å². The lowest BCUT2D eigenvalue weighted by atomic mass is 9.97. The average molecular weight is 321 g/mol. The Hall–Kier alpha value is -2.18. The number of aryl methyl sites for hydroxylation is 1. The molecule has 0 radical (unpaired) electrons. The number of hydrogen-bond acceptors (Lipinski definition) is 5. The Morgan fingerprint density at radius 2 is 2.00 bits per heavy atom. The third-order valence-corrected chi connectivity index (χ3v) is 4.01. The zero-order valence-electron chi connectivity index (χ0n) is 13.6. The van der Waals surface area contributed by atoms with Crippen molar-refractivity contribution < 1.29 is 14.3 Å². The second-order valence-electron chi connectivity index (χ2n) is 5.74. The fraction of sp³-hybridized carbons (Fsp3) is 0.625. The van der Waals surface area contributed by atoms with E-state index in [9.17, 15) is 14.4 Å². The molecule has 1 aliphatic carbocycles. The van der Waals surface area contributed by atoms with E-state index < -0.39 is 17.4 Å². The minimum Gasteiger partial charge on any atom is -0.464 e. The monoisotopic (exact) mass is 321 g/mol. The van der Waals surface area contributed by atoms with Gasteiger partial charge in [-0.05, 0) is 32.3 Å². The van der Waals surface area contributed by atoms with Gasteiger partial charge in [-0.1, -0.05) is 19.8 Å². The molecule has 0 atom stereocenters. The molecule has 0 unspecified atom stereocenters. The molecular weight excluding hydrogens is 298 g/mol. The Morgan fingerprint density at radius 1 is 1.30 bits per heavy atom. The molecule has 1 N–H and O–H groups in total. The summed E-state index contributed by atoms with van der Waals surface area (Å²) < 4.78 is 6.38. The zero-order chi connectivity index (χ0) is 16.9. The highest BCUT2D eigenvalue weighted by molar-refractivity contribution is 5.96. The second kappa shape index (κ2) is 7.39. The summed E-state index contributed by atoms with van der Waals surface area (Å²) in [5, 5.41) is 6.87. The summed E-state index contributed by atoms with van der Waals surface area (Å²) in [5.41, 5.74) is -1.08. The van der Waals surface area contributed by atoms with Gasteiger partial charge in [0.15, 0.2) is 0 Å². The van der Waals surface area contributed by atoms with E-state index in [2.05, 4.69) is 10.4 Å². The number of ether oxygens (including phenoxy) is 1. The quantitative estimate of drug-likeness (QED) is 0.797. The van der Waals surface area contributed by atoms with Crippen LogP contribution in [0, 0.1) is 0 Å². The Labute approximate surface area is 135 Å². The summed E-state index contributed by atoms with van der Waals surface area (Å²) in [4.78, 5) is 36.4. The van der Waals surface area contributed by atoms with Crippen LogP contribution in [0.4, 0.5) is 0 Å². The fourth-order valence-electron chi connectivity index (χ4n) is 2.85. The molecular formula is C16H23N3O4. The lowest BCUT2D eigenvalue weighted by molar-refractivity contribution is -0.150. The molecule has 0 saturated heterocycles. The molecule has 1 aromatic heterocycles. The van der Waals surface area contributed by atoms with Gasteiger partial charge in [0.2, 0.25) is 0 Å². The molecule has 7 nitrogen and oxygen atoms in total. The third kappa shape index (κ3) is 3.78. The van der Waals surface area contributed by atoms with Crippen molar-refractivity contribution in [3.8, 4) is 0 Å². The molecule has 1 saturated carbocycles. The highest BCUT2D eigenvalue weighted by Gasteiger charge is 2.44. The van der Waals surface area contributed by atoms with Gasteiger partial charge in [0.25, 0.3) is 11.5 Å². The van der Waals surface area contributed by atoms with Gasteiger partial charge in [-0.25, -0.2) is 9.48 Å². The molecule has 0 bridgehead atoms. The maximum absolute atomic E-state index is 12.5. The van der Waals surface area contributed by atoms with Crippen LogP contribution in [0.2, 0.25) is 0 Å². The molecule has 23 heavy (non-hydrogen) atoms. The van der Waals surface area contributed by atoms with Crippen molar-refractivity contribution in [3.63, 3.8) is 0 Å². The minimum absolute atomic E-state index is 0.133. The fourth-order valence-corrected chi connectivity index (χ4v) is 2.85. The van der Waals surface area contributed by atoms with E-state index in [1.807, 2.05) is 6.92 Å². The summed E-state index contributed by atoms with van der Waals surface area (Å²) in [5.74, 6) is -0.850. The van der Waals surface area contributed by atoms with Gasteiger partial charge in [-0.15, -0.1) is 0 Å². The molecule has 7 heteroatoms. The van der Waals surface area contributed by atoms with Crippen molar-refractivity contribution >= 4 is 11.9 Å². The highest BCUT2D eigenvalue weighted by Crippen LogP contribution is 2.31. The Bertz CT molecular complexity index is 632. The molecule has 1 heterocycles. The molecule has 2 rings (SSSR count). The number of aromatic nitrogens is 2. The van der Waals surface area contributed by atoms with E-state index in [-0.39, 0.29) is 17.9 Å². The predicted octanol–water partition coefficient (Wildman–Crippen LogP) is 1.26. The van der Waals surface area contributed by atoms with E-state index >= 15 is 0 Å². The second-order valence-corrected chi connectivity index (χ2v) is 5.74. The van der Waals surface area contributed by atoms with Gasteiger partial charge < -0.3 is 10.1 Å². The summed E-state index contributed by atoms with van der Waals surface area (Å²) >= 11 is 0. The number of rotatable bonds is 6. The zero-order valence-corrected chi connectivity index (χ0v) is 13.6. The number of esters is 1. The molecule has 0 aromatic carbocycles. The first-order valence-electron chi connectivity index (χ1n) is 8.10. The van der Waals surface area contributed by atoms with Crippen LogP contribution in [0.3, 0.4) is 0 Å². The lowest BCUT2D eigenvalue weighted by Gasteiger charge is -2.27. The van der Waals surface area contributed by atoms with Crippen LogP contribution in [-0.2, 0) is 16.1 Å². The lowest BCUT2D eigenvalue weighted by Crippen LogP contribution is -2.53.